The van der Waals surface area contributed by atoms with Gasteiger partial charge in [-0.3, -0.25) is 0 Å². The van der Waals surface area contributed by atoms with E-state index in [1.165, 1.54) is 4.90 Å². The van der Waals surface area contributed by atoms with Crippen molar-refractivity contribution in [2.75, 3.05) is 5.73 Å². The summed E-state index contributed by atoms with van der Waals surface area (Å²) in [5.74, 6) is 2.65. The van der Waals surface area contributed by atoms with Crippen LogP contribution in [0.1, 0.15) is 25.4 Å². The van der Waals surface area contributed by atoms with Gasteiger partial charge in [0.15, 0.2) is 0 Å². The van der Waals surface area contributed by atoms with Gasteiger partial charge in [-0.1, -0.05) is 26.0 Å². The Hall–Kier alpha value is -0.340. The van der Waals surface area contributed by atoms with E-state index in [1.807, 2.05) is 18.2 Å². The highest BCUT2D eigenvalue weighted by atomic mass is 127. The second kappa shape index (κ2) is 7.78. The first-order valence-electron chi connectivity index (χ1n) is 6.65. The van der Waals surface area contributed by atoms with Gasteiger partial charge in [0, 0.05) is 9.37 Å². The molecule has 112 valence electrons. The minimum Gasteiger partial charge on any atom is -0.383 e. The van der Waals surface area contributed by atoms with Crippen LogP contribution < -0.4 is 5.73 Å². The van der Waals surface area contributed by atoms with Crippen LogP contribution >= 0.6 is 50.3 Å². The number of rotatable bonds is 5. The normalized spacial score (nSPS) is 11.1. The van der Waals surface area contributed by atoms with Crippen LogP contribution in [0.2, 0.25) is 0 Å². The molecule has 2 rings (SSSR count). The van der Waals surface area contributed by atoms with E-state index in [4.69, 9.17) is 5.73 Å². The van der Waals surface area contributed by atoms with Crippen molar-refractivity contribution in [1.29, 1.82) is 0 Å². The Morgan fingerprint density at radius 2 is 2.00 bits per heavy atom. The Kier molecular flexibility index (Phi) is 6.31. The number of benzene rings is 1. The lowest BCUT2D eigenvalue weighted by Crippen LogP contribution is -2.09. The molecule has 2 N–H and O–H groups in total. The highest BCUT2D eigenvalue weighted by molar-refractivity contribution is 14.1. The zero-order valence-electron chi connectivity index (χ0n) is 11.9. The topological polar surface area (TPSA) is 51.8 Å². The summed E-state index contributed by atoms with van der Waals surface area (Å²) in [7, 11) is 0. The maximum atomic E-state index is 6.02. The highest BCUT2D eigenvalue weighted by Crippen LogP contribution is 2.29. The Labute approximate surface area is 151 Å². The van der Waals surface area contributed by atoms with E-state index in [1.54, 1.807) is 11.8 Å². The van der Waals surface area contributed by atoms with Crippen molar-refractivity contribution in [3.8, 4) is 0 Å². The molecule has 0 atom stereocenters. The van der Waals surface area contributed by atoms with Gasteiger partial charge in [0.25, 0.3) is 0 Å². The molecule has 0 aliphatic heterocycles. The minimum atomic E-state index is 0.552. The third kappa shape index (κ3) is 4.82. The van der Waals surface area contributed by atoms with Crippen molar-refractivity contribution in [3.63, 3.8) is 0 Å². The molecule has 0 aliphatic rings. The number of nitrogen functional groups attached to an aromatic ring is 1. The summed E-state index contributed by atoms with van der Waals surface area (Å²) in [4.78, 5) is 10.3. The predicted molar refractivity (Wildman–Crippen MR) is 101 cm³/mol. The lowest BCUT2D eigenvalue weighted by atomic mass is 10.1. The maximum absolute atomic E-state index is 6.02. The molecule has 0 aliphatic carbocycles. The third-order valence-electron chi connectivity index (χ3n) is 2.79. The molecular weight excluding hydrogens is 461 g/mol. The number of aromatic nitrogens is 2. The van der Waals surface area contributed by atoms with E-state index < -0.39 is 0 Å². The van der Waals surface area contributed by atoms with Gasteiger partial charge in [0.1, 0.15) is 11.6 Å². The molecule has 1 heterocycles. The quantitative estimate of drug-likeness (QED) is 0.490. The molecule has 0 saturated carbocycles. The van der Waals surface area contributed by atoms with Crippen LogP contribution in [0, 0.1) is 9.49 Å². The molecule has 0 bridgehead atoms. The van der Waals surface area contributed by atoms with Crippen LogP contribution in [0.25, 0.3) is 0 Å². The first-order valence-corrected chi connectivity index (χ1v) is 9.51. The second-order valence-electron chi connectivity index (χ2n) is 5.10. The zero-order chi connectivity index (χ0) is 15.4. The maximum Gasteiger partial charge on any atom is 0.141 e. The minimum absolute atomic E-state index is 0.552. The molecule has 0 fully saturated rings. The molecule has 2 aromatic rings. The highest BCUT2D eigenvalue weighted by Gasteiger charge is 2.12. The van der Waals surface area contributed by atoms with Crippen molar-refractivity contribution in [1.82, 2.24) is 9.97 Å². The van der Waals surface area contributed by atoms with Crippen molar-refractivity contribution in [2.45, 2.75) is 30.9 Å². The molecule has 6 heteroatoms. The van der Waals surface area contributed by atoms with Crippen LogP contribution in [0.15, 0.2) is 33.6 Å². The van der Waals surface area contributed by atoms with Gasteiger partial charge in [-0.05, 0) is 63.0 Å². The van der Waals surface area contributed by atoms with Crippen LogP contribution in [0.3, 0.4) is 0 Å². The molecule has 0 saturated heterocycles. The van der Waals surface area contributed by atoms with Gasteiger partial charge in [0.2, 0.25) is 0 Å². The monoisotopic (exact) mass is 477 g/mol. The Morgan fingerprint density at radius 1 is 1.29 bits per heavy atom. The molecule has 0 spiro atoms. The van der Waals surface area contributed by atoms with E-state index >= 15 is 0 Å². The van der Waals surface area contributed by atoms with E-state index in [2.05, 4.69) is 68.4 Å². The number of halogens is 2. The number of nitrogens with zero attached hydrogens (tertiary/aromatic N) is 2. The van der Waals surface area contributed by atoms with Crippen LogP contribution in [0.5, 0.6) is 0 Å². The number of thioether (sulfide) groups is 1. The van der Waals surface area contributed by atoms with Gasteiger partial charge in [-0.2, -0.15) is 0 Å². The van der Waals surface area contributed by atoms with E-state index in [-0.39, 0.29) is 0 Å². The number of nitrogens with two attached hydrogens (primary N) is 1. The smallest absolute Gasteiger partial charge is 0.141 e. The lowest BCUT2D eigenvalue weighted by Gasteiger charge is -2.11. The van der Waals surface area contributed by atoms with Gasteiger partial charge in [-0.25, -0.2) is 9.97 Å². The molecule has 0 radical (unpaired) electrons. The summed E-state index contributed by atoms with van der Waals surface area (Å²) >= 11 is 7.50. The van der Waals surface area contributed by atoms with E-state index in [9.17, 15) is 0 Å². The predicted octanol–water partition coefficient (Wildman–Crippen LogP) is 4.92. The lowest BCUT2D eigenvalue weighted by molar-refractivity contribution is 0.629. The van der Waals surface area contributed by atoms with Gasteiger partial charge >= 0.3 is 0 Å². The zero-order valence-corrected chi connectivity index (χ0v) is 16.5. The summed E-state index contributed by atoms with van der Waals surface area (Å²) < 4.78 is 2.08. The van der Waals surface area contributed by atoms with E-state index in [0.29, 0.717) is 11.7 Å². The molecule has 0 unspecified atom stereocenters. The van der Waals surface area contributed by atoms with Crippen LogP contribution in [0.4, 0.5) is 5.82 Å². The standard InChI is InChI=1S/C15H17BrIN3S/c1-9(2)7-11-14(17)15(18)20-13(19-11)8-21-12-6-4-3-5-10(12)16/h3-6,9H,7-8H2,1-2H3,(H2,18,19,20). The van der Waals surface area contributed by atoms with Gasteiger partial charge in [-0.15, -0.1) is 11.8 Å². The fourth-order valence-corrected chi connectivity index (χ4v) is 3.74. The van der Waals surface area contributed by atoms with Crippen molar-refractivity contribution < 1.29 is 0 Å². The van der Waals surface area contributed by atoms with E-state index in [0.717, 1.165) is 31.7 Å². The summed E-state index contributed by atoms with van der Waals surface area (Å²) in [6, 6.07) is 8.16. The van der Waals surface area contributed by atoms with Crippen molar-refractivity contribution in [2.24, 2.45) is 5.92 Å². The largest absolute Gasteiger partial charge is 0.383 e. The fraction of sp³-hybridized carbons (Fsp3) is 0.333. The van der Waals surface area contributed by atoms with Crippen molar-refractivity contribution in [3.05, 3.63) is 43.8 Å². The first kappa shape index (κ1) is 17.0. The first-order chi connectivity index (χ1) is 9.97. The third-order valence-corrected chi connectivity index (χ3v) is 5.99. The van der Waals surface area contributed by atoms with Gasteiger partial charge in [0.05, 0.1) is 15.0 Å². The molecule has 21 heavy (non-hydrogen) atoms. The van der Waals surface area contributed by atoms with Crippen LogP contribution in [-0.4, -0.2) is 9.97 Å². The fourth-order valence-electron chi connectivity index (χ4n) is 1.86. The summed E-state index contributed by atoms with van der Waals surface area (Å²) in [5.41, 5.74) is 7.08. The molecule has 1 aromatic carbocycles. The molecule has 1 aromatic heterocycles. The number of hydrogen-bond donors (Lipinski definition) is 1. The molecule has 3 nitrogen and oxygen atoms in total. The molecular formula is C15H17BrIN3S. The Balaban J connectivity index is 2.17. The summed E-state index contributed by atoms with van der Waals surface area (Å²) in [6.45, 7) is 4.37. The van der Waals surface area contributed by atoms with Crippen molar-refractivity contribution >= 4 is 56.1 Å². The average molecular weight is 478 g/mol. The summed E-state index contributed by atoms with van der Waals surface area (Å²) in [6.07, 6.45) is 0.928. The Bertz CT molecular complexity index is 634. The van der Waals surface area contributed by atoms with Crippen LogP contribution in [-0.2, 0) is 12.2 Å². The Morgan fingerprint density at radius 3 is 2.67 bits per heavy atom. The summed E-state index contributed by atoms with van der Waals surface area (Å²) in [5, 5.41) is 0. The second-order valence-corrected chi connectivity index (χ2v) is 8.05. The molecule has 0 amide bonds. The van der Waals surface area contributed by atoms with Gasteiger partial charge < -0.3 is 5.73 Å². The number of hydrogen-bond acceptors (Lipinski definition) is 4. The number of anilines is 1. The SMILES string of the molecule is CC(C)Cc1nc(CSc2ccccc2Br)nc(N)c1I. The average Bonchev–Trinajstić information content (AvgIpc) is 2.42.